The number of rotatable bonds is 6. The Morgan fingerprint density at radius 3 is 2.19 bits per heavy atom. The van der Waals surface area contributed by atoms with Gasteiger partial charge in [-0.15, -0.1) is 0 Å². The molecule has 0 saturated carbocycles. The van der Waals surface area contributed by atoms with Gasteiger partial charge in [0.25, 0.3) is 0 Å². The summed E-state index contributed by atoms with van der Waals surface area (Å²) in [6.45, 7) is 7.83. The minimum absolute atomic E-state index is 0.461. The second-order valence-electron chi connectivity index (χ2n) is 3.60. The average molecular weight is 245 g/mol. The monoisotopic (exact) mass is 245 g/mol. The van der Waals surface area contributed by atoms with Crippen molar-refractivity contribution < 1.29 is 8.85 Å². The van der Waals surface area contributed by atoms with Crippen molar-refractivity contribution in [1.29, 1.82) is 0 Å². The molecule has 0 saturated heterocycles. The largest absolute Gasteiger partial charge is 0.518 e. The molecule has 0 radical (unpaired) electrons. The summed E-state index contributed by atoms with van der Waals surface area (Å²) in [5, 5.41) is 0. The van der Waals surface area contributed by atoms with E-state index in [0.717, 1.165) is 0 Å². The Labute approximate surface area is 98.5 Å². The highest BCUT2D eigenvalue weighted by Crippen LogP contribution is 2.18. The third kappa shape index (κ3) is 4.07. The molecule has 0 aliphatic rings. The zero-order valence-electron chi connectivity index (χ0n) is 10.5. The quantitative estimate of drug-likeness (QED) is 0.276. The summed E-state index contributed by atoms with van der Waals surface area (Å²) < 4.78 is 11.3. The molecule has 0 bridgehead atoms. The molecule has 1 unspecified atom stereocenters. The molecule has 0 amide bonds. The molecule has 0 rings (SSSR count). The molecule has 5 nitrogen and oxygen atoms in total. The Hall–Kier alpha value is -0.663. The van der Waals surface area contributed by atoms with E-state index in [1.165, 1.54) is 0 Å². The van der Waals surface area contributed by atoms with Crippen LogP contribution in [0.4, 0.5) is 0 Å². The lowest BCUT2D eigenvalue weighted by Gasteiger charge is -2.36. The Morgan fingerprint density at radius 1 is 1.31 bits per heavy atom. The predicted molar refractivity (Wildman–Crippen MR) is 68.2 cm³/mol. The van der Waals surface area contributed by atoms with Crippen molar-refractivity contribution >= 4 is 8.56 Å². The molecule has 6 heteroatoms. The number of hydrogen-bond acceptors (Lipinski definition) is 5. The standard InChI is InChI=1S/C10H23N3O2Si/c1-5-8-9(6-2)15-16(4,14-7-3)10(11,12)13/h5-6,8H,7,11-13H2,1-4H3. The molecule has 0 heterocycles. The zero-order valence-corrected chi connectivity index (χ0v) is 11.5. The van der Waals surface area contributed by atoms with Crippen molar-refractivity contribution in [2.75, 3.05) is 6.61 Å². The molecular formula is C10H23N3O2Si. The predicted octanol–water partition coefficient (Wildman–Crippen LogP) is 0.661. The van der Waals surface area contributed by atoms with E-state index in [9.17, 15) is 0 Å². The number of allylic oxidation sites excluding steroid dienone is 3. The normalized spacial score (nSPS) is 17.6. The van der Waals surface area contributed by atoms with Crippen molar-refractivity contribution in [1.82, 2.24) is 0 Å². The third-order valence-corrected chi connectivity index (χ3v) is 5.17. The summed E-state index contributed by atoms with van der Waals surface area (Å²) in [6.07, 6.45) is 5.49. The van der Waals surface area contributed by atoms with E-state index in [4.69, 9.17) is 26.1 Å². The fraction of sp³-hybridized carbons (Fsp3) is 0.600. The second-order valence-corrected chi connectivity index (χ2v) is 6.86. The van der Waals surface area contributed by atoms with Gasteiger partial charge in [0.15, 0.2) is 5.41 Å². The smallest absolute Gasteiger partial charge is 0.447 e. The van der Waals surface area contributed by atoms with E-state index >= 15 is 0 Å². The lowest BCUT2D eigenvalue weighted by atomic mass is 10.4. The third-order valence-electron chi connectivity index (χ3n) is 2.13. The summed E-state index contributed by atoms with van der Waals surface area (Å²) in [5.74, 6) is 0.663. The second kappa shape index (κ2) is 6.17. The summed E-state index contributed by atoms with van der Waals surface area (Å²) in [7, 11) is -2.86. The molecular weight excluding hydrogens is 222 g/mol. The SMILES string of the molecule is CC=CC(=CC)O[Si](C)(OCC)C(N)(N)N. The lowest BCUT2D eigenvalue weighted by Crippen LogP contribution is -2.77. The first kappa shape index (κ1) is 15.3. The van der Waals surface area contributed by atoms with Crippen LogP contribution in [0.25, 0.3) is 0 Å². The molecule has 94 valence electrons. The topological polar surface area (TPSA) is 96.5 Å². The highest BCUT2D eigenvalue weighted by molar-refractivity contribution is 6.69. The maximum Gasteiger partial charge on any atom is 0.447 e. The summed E-state index contributed by atoms with van der Waals surface area (Å²) in [4.78, 5) is 0. The molecule has 0 fully saturated rings. The molecule has 6 N–H and O–H groups in total. The van der Waals surface area contributed by atoms with Crippen LogP contribution < -0.4 is 17.2 Å². The van der Waals surface area contributed by atoms with E-state index in [1.807, 2.05) is 39.0 Å². The van der Waals surface area contributed by atoms with Crippen molar-refractivity contribution in [2.45, 2.75) is 32.7 Å². The maximum absolute atomic E-state index is 5.75. The molecule has 0 aliphatic carbocycles. The van der Waals surface area contributed by atoms with Gasteiger partial charge in [-0.25, -0.2) is 0 Å². The number of hydrogen-bond donors (Lipinski definition) is 3. The highest BCUT2D eigenvalue weighted by Gasteiger charge is 2.49. The highest BCUT2D eigenvalue weighted by atomic mass is 28.4. The zero-order chi connectivity index (χ0) is 12.8. The Kier molecular flexibility index (Phi) is 5.91. The van der Waals surface area contributed by atoms with E-state index in [1.54, 1.807) is 6.55 Å². The lowest BCUT2D eigenvalue weighted by molar-refractivity contribution is 0.195. The van der Waals surface area contributed by atoms with Crippen molar-refractivity contribution in [2.24, 2.45) is 17.2 Å². The van der Waals surface area contributed by atoms with E-state index in [-0.39, 0.29) is 0 Å². The van der Waals surface area contributed by atoms with Crippen molar-refractivity contribution in [3.8, 4) is 0 Å². The van der Waals surface area contributed by atoms with Crippen LogP contribution in [-0.4, -0.2) is 20.6 Å². The fourth-order valence-electron chi connectivity index (χ4n) is 1.10. The fourth-order valence-corrected chi connectivity index (χ4v) is 2.77. The molecule has 0 aliphatic heterocycles. The van der Waals surface area contributed by atoms with Gasteiger partial charge in [0.2, 0.25) is 0 Å². The minimum Gasteiger partial charge on any atom is -0.518 e. The molecule has 0 aromatic carbocycles. The van der Waals surface area contributed by atoms with E-state index in [0.29, 0.717) is 12.4 Å². The molecule has 0 aromatic heterocycles. The molecule has 1 atom stereocenters. The van der Waals surface area contributed by atoms with Crippen molar-refractivity contribution in [3.63, 3.8) is 0 Å². The molecule has 0 spiro atoms. The van der Waals surface area contributed by atoms with Gasteiger partial charge >= 0.3 is 8.56 Å². The van der Waals surface area contributed by atoms with E-state index in [2.05, 4.69) is 0 Å². The van der Waals surface area contributed by atoms with Gasteiger partial charge in [0.05, 0.1) is 0 Å². The van der Waals surface area contributed by atoms with E-state index < -0.39 is 14.0 Å². The summed E-state index contributed by atoms with van der Waals surface area (Å²) in [5.41, 5.74) is 15.7. The van der Waals surface area contributed by atoms with Gasteiger partial charge in [-0.05, 0) is 39.5 Å². The van der Waals surface area contributed by atoms with Crippen LogP contribution in [-0.2, 0) is 8.85 Å². The Balaban J connectivity index is 4.94. The minimum atomic E-state index is -2.86. The number of nitrogens with two attached hydrogens (primary N) is 3. The molecule has 16 heavy (non-hydrogen) atoms. The van der Waals surface area contributed by atoms with Gasteiger partial charge in [0.1, 0.15) is 5.76 Å². The van der Waals surface area contributed by atoms with Gasteiger partial charge in [-0.2, -0.15) is 0 Å². The van der Waals surface area contributed by atoms with Crippen LogP contribution in [0.1, 0.15) is 20.8 Å². The van der Waals surface area contributed by atoms with Crippen LogP contribution in [0.15, 0.2) is 24.0 Å². The van der Waals surface area contributed by atoms with Crippen LogP contribution in [0.2, 0.25) is 6.55 Å². The van der Waals surface area contributed by atoms with Gasteiger partial charge in [-0.1, -0.05) is 6.08 Å². The van der Waals surface area contributed by atoms with Gasteiger partial charge < -0.3 is 8.85 Å². The first-order valence-electron chi connectivity index (χ1n) is 5.29. The first-order valence-corrected chi connectivity index (χ1v) is 7.61. The van der Waals surface area contributed by atoms with Gasteiger partial charge in [-0.3, -0.25) is 17.2 Å². The maximum atomic E-state index is 5.75. The van der Waals surface area contributed by atoms with Crippen LogP contribution >= 0.6 is 0 Å². The Morgan fingerprint density at radius 2 is 1.88 bits per heavy atom. The van der Waals surface area contributed by atoms with Gasteiger partial charge in [0, 0.05) is 6.61 Å². The Bertz CT molecular complexity index is 274. The summed E-state index contributed by atoms with van der Waals surface area (Å²) in [6, 6.07) is 0. The van der Waals surface area contributed by atoms with Crippen LogP contribution in [0.3, 0.4) is 0 Å². The first-order chi connectivity index (χ1) is 7.30. The average Bonchev–Trinajstić information content (AvgIpc) is 2.15. The summed E-state index contributed by atoms with van der Waals surface area (Å²) >= 11 is 0. The van der Waals surface area contributed by atoms with Crippen LogP contribution in [0, 0.1) is 0 Å². The van der Waals surface area contributed by atoms with Crippen molar-refractivity contribution in [3.05, 3.63) is 24.0 Å². The van der Waals surface area contributed by atoms with Crippen LogP contribution in [0.5, 0.6) is 0 Å². The molecule has 0 aromatic rings.